The van der Waals surface area contributed by atoms with E-state index in [0.717, 1.165) is 24.1 Å². The molecule has 2 heterocycles. The van der Waals surface area contributed by atoms with E-state index in [0.29, 0.717) is 19.0 Å². The highest BCUT2D eigenvalue weighted by Gasteiger charge is 2.29. The molecular formula is C32H36N2O2S2. The zero-order chi connectivity index (χ0) is 26.7. The third-order valence-corrected chi connectivity index (χ3v) is 9.11. The topological polar surface area (TPSA) is 58.2 Å². The normalized spacial score (nSPS) is 18.2. The summed E-state index contributed by atoms with van der Waals surface area (Å²) in [6.45, 7) is 5.57. The highest BCUT2D eigenvalue weighted by molar-refractivity contribution is 8.02. The minimum Gasteiger partial charge on any atom is -0.354 e. The van der Waals surface area contributed by atoms with Gasteiger partial charge in [-0.3, -0.25) is 9.59 Å². The van der Waals surface area contributed by atoms with Gasteiger partial charge in [-0.05, 0) is 71.1 Å². The van der Waals surface area contributed by atoms with Crippen molar-refractivity contribution in [2.24, 2.45) is 11.8 Å². The SMILES string of the molecule is Cc1ccccc1-c1ccc(CNC(=O)C2CCCC2C)cc1.O=CNCc1ccc(C2=CC=CSC2)s1. The number of carbonyl (C=O) groups is 2. The van der Waals surface area contributed by atoms with Gasteiger partial charge in [-0.25, -0.2) is 0 Å². The first kappa shape index (κ1) is 27.9. The number of hydrogen-bond donors (Lipinski definition) is 2. The van der Waals surface area contributed by atoms with Crippen LogP contribution in [0.5, 0.6) is 0 Å². The first-order chi connectivity index (χ1) is 18.5. The van der Waals surface area contributed by atoms with Crippen molar-refractivity contribution >= 4 is 41.0 Å². The Hall–Kier alpha value is -3.09. The van der Waals surface area contributed by atoms with Crippen LogP contribution < -0.4 is 10.6 Å². The molecule has 0 saturated heterocycles. The van der Waals surface area contributed by atoms with Crippen molar-refractivity contribution in [3.05, 3.63) is 99.1 Å². The summed E-state index contributed by atoms with van der Waals surface area (Å²) in [5, 5.41) is 7.88. The smallest absolute Gasteiger partial charge is 0.223 e. The number of nitrogens with one attached hydrogen (secondary N) is 2. The van der Waals surface area contributed by atoms with Crippen molar-refractivity contribution in [2.75, 3.05) is 5.75 Å². The van der Waals surface area contributed by atoms with Crippen LogP contribution in [-0.4, -0.2) is 18.1 Å². The van der Waals surface area contributed by atoms with Gasteiger partial charge in [0.1, 0.15) is 0 Å². The van der Waals surface area contributed by atoms with Crippen LogP contribution in [0.2, 0.25) is 0 Å². The van der Waals surface area contributed by atoms with E-state index < -0.39 is 0 Å². The van der Waals surface area contributed by atoms with Crippen LogP contribution in [-0.2, 0) is 22.7 Å². The van der Waals surface area contributed by atoms with Gasteiger partial charge < -0.3 is 10.6 Å². The second kappa shape index (κ2) is 14.2. The monoisotopic (exact) mass is 544 g/mol. The molecule has 1 saturated carbocycles. The van der Waals surface area contributed by atoms with E-state index in [1.54, 1.807) is 11.3 Å². The van der Waals surface area contributed by atoms with Crippen LogP contribution in [0.1, 0.15) is 47.1 Å². The Morgan fingerprint density at radius 2 is 1.84 bits per heavy atom. The molecule has 198 valence electrons. The first-order valence-electron chi connectivity index (χ1n) is 13.2. The van der Waals surface area contributed by atoms with Crippen LogP contribution in [0.4, 0.5) is 0 Å². The Bertz CT molecular complexity index is 1280. The molecule has 2 amide bonds. The summed E-state index contributed by atoms with van der Waals surface area (Å²) in [5.41, 5.74) is 6.29. The van der Waals surface area contributed by atoms with Crippen LogP contribution >= 0.6 is 23.1 Å². The molecule has 2 aromatic carbocycles. The number of carbonyl (C=O) groups excluding carboxylic acids is 2. The van der Waals surface area contributed by atoms with Gasteiger partial charge in [-0.15, -0.1) is 23.1 Å². The molecule has 0 radical (unpaired) electrons. The molecule has 1 aliphatic heterocycles. The van der Waals surface area contributed by atoms with Crippen molar-refractivity contribution in [1.29, 1.82) is 0 Å². The summed E-state index contributed by atoms with van der Waals surface area (Å²) in [5.74, 6) is 2.00. The number of benzene rings is 2. The second-order valence-electron chi connectivity index (χ2n) is 9.84. The standard InChI is InChI=1S/C21H25NO.C11H11NOS2/c1-15-6-3-4-8-19(15)18-12-10-17(11-13-18)14-22-21(23)20-9-5-7-16(20)2;13-8-12-6-10-3-4-11(15-10)9-2-1-5-14-7-9/h3-4,6,8,10-13,16,20H,5,7,9,14H2,1-2H3,(H,22,23);1-5,8H,6-7H2,(H,12,13). The Morgan fingerprint density at radius 3 is 2.53 bits per heavy atom. The lowest BCUT2D eigenvalue weighted by Crippen LogP contribution is -2.31. The minimum absolute atomic E-state index is 0.209. The lowest BCUT2D eigenvalue weighted by atomic mass is 9.97. The third-order valence-electron chi connectivity index (χ3n) is 7.12. The highest BCUT2D eigenvalue weighted by atomic mass is 32.2. The fourth-order valence-electron chi connectivity index (χ4n) is 4.89. The average molecular weight is 545 g/mol. The summed E-state index contributed by atoms with van der Waals surface area (Å²) in [7, 11) is 0. The summed E-state index contributed by atoms with van der Waals surface area (Å²) in [6.07, 6.45) is 8.37. The molecule has 5 rings (SSSR count). The molecule has 2 unspecified atom stereocenters. The van der Waals surface area contributed by atoms with Gasteiger partial charge in [-0.1, -0.05) is 74.0 Å². The molecule has 2 atom stereocenters. The van der Waals surface area contributed by atoms with E-state index >= 15 is 0 Å². The highest BCUT2D eigenvalue weighted by Crippen LogP contribution is 2.31. The maximum atomic E-state index is 12.3. The molecule has 0 bridgehead atoms. The predicted molar refractivity (Wildman–Crippen MR) is 162 cm³/mol. The van der Waals surface area contributed by atoms with Gasteiger partial charge in [0.15, 0.2) is 0 Å². The molecule has 1 fully saturated rings. The van der Waals surface area contributed by atoms with Crippen LogP contribution in [0.25, 0.3) is 16.7 Å². The van der Waals surface area contributed by atoms with Gasteiger partial charge in [-0.2, -0.15) is 0 Å². The molecule has 0 spiro atoms. The number of thioether (sulfide) groups is 1. The number of aryl methyl sites for hydroxylation is 1. The fourth-order valence-corrected chi connectivity index (χ4v) is 6.68. The molecule has 2 aliphatic rings. The summed E-state index contributed by atoms with van der Waals surface area (Å²) in [6, 6.07) is 21.1. The number of allylic oxidation sites excluding steroid dienone is 2. The van der Waals surface area contributed by atoms with Gasteiger partial charge >= 0.3 is 0 Å². The van der Waals surface area contributed by atoms with Crippen molar-refractivity contribution in [1.82, 2.24) is 10.6 Å². The molecular weight excluding hydrogens is 508 g/mol. The lowest BCUT2D eigenvalue weighted by Gasteiger charge is -2.15. The molecule has 38 heavy (non-hydrogen) atoms. The predicted octanol–water partition coefficient (Wildman–Crippen LogP) is 7.35. The third kappa shape index (κ3) is 7.71. The van der Waals surface area contributed by atoms with Crippen molar-refractivity contribution in [2.45, 2.75) is 46.2 Å². The van der Waals surface area contributed by atoms with E-state index in [1.807, 2.05) is 11.8 Å². The van der Waals surface area contributed by atoms with Crippen molar-refractivity contribution in [3.63, 3.8) is 0 Å². The van der Waals surface area contributed by atoms with E-state index in [-0.39, 0.29) is 11.8 Å². The Kier molecular flexibility index (Phi) is 10.4. The maximum absolute atomic E-state index is 12.3. The average Bonchev–Trinajstić information content (AvgIpc) is 3.61. The van der Waals surface area contributed by atoms with Crippen LogP contribution in [0, 0.1) is 18.8 Å². The fraction of sp³-hybridized carbons (Fsp3) is 0.312. The number of amides is 2. The Balaban J connectivity index is 0.000000194. The number of hydrogen-bond acceptors (Lipinski definition) is 4. The maximum Gasteiger partial charge on any atom is 0.223 e. The molecule has 3 aromatic rings. The number of thiophene rings is 1. The Morgan fingerprint density at radius 1 is 1.03 bits per heavy atom. The zero-order valence-corrected chi connectivity index (χ0v) is 23.7. The lowest BCUT2D eigenvalue weighted by molar-refractivity contribution is -0.126. The molecule has 2 N–H and O–H groups in total. The summed E-state index contributed by atoms with van der Waals surface area (Å²) >= 11 is 3.55. The van der Waals surface area contributed by atoms with E-state index in [9.17, 15) is 9.59 Å². The molecule has 1 aromatic heterocycles. The number of rotatable bonds is 8. The van der Waals surface area contributed by atoms with E-state index in [1.165, 1.54) is 44.9 Å². The molecule has 6 heteroatoms. The van der Waals surface area contributed by atoms with E-state index in [4.69, 9.17) is 0 Å². The minimum atomic E-state index is 0.209. The van der Waals surface area contributed by atoms with Crippen LogP contribution in [0.15, 0.2) is 78.2 Å². The van der Waals surface area contributed by atoms with Crippen LogP contribution in [0.3, 0.4) is 0 Å². The second-order valence-corrected chi connectivity index (χ2v) is 11.9. The quantitative estimate of drug-likeness (QED) is 0.292. The molecule has 1 aliphatic carbocycles. The van der Waals surface area contributed by atoms with E-state index in [2.05, 4.69) is 103 Å². The summed E-state index contributed by atoms with van der Waals surface area (Å²) in [4.78, 5) is 24.9. The van der Waals surface area contributed by atoms with Crippen molar-refractivity contribution < 1.29 is 9.59 Å². The van der Waals surface area contributed by atoms with Gasteiger partial charge in [0.25, 0.3) is 0 Å². The largest absolute Gasteiger partial charge is 0.354 e. The summed E-state index contributed by atoms with van der Waals surface area (Å²) < 4.78 is 0. The van der Waals surface area contributed by atoms with Gasteiger partial charge in [0.05, 0.1) is 6.54 Å². The zero-order valence-electron chi connectivity index (χ0n) is 22.1. The van der Waals surface area contributed by atoms with Gasteiger partial charge in [0.2, 0.25) is 12.3 Å². The van der Waals surface area contributed by atoms with Crippen molar-refractivity contribution in [3.8, 4) is 11.1 Å². The van der Waals surface area contributed by atoms with Gasteiger partial charge in [0, 0.05) is 28.0 Å². The Labute approximate surface area is 234 Å². The molecule has 4 nitrogen and oxygen atoms in total. The first-order valence-corrected chi connectivity index (χ1v) is 15.1.